The molecular formula is C19H19ClN4O3S. The molecule has 1 saturated carbocycles. The fourth-order valence-electron chi connectivity index (χ4n) is 2.96. The fraction of sp³-hybridized carbons (Fsp3) is 0.263. The number of fused-ring (bicyclic) bond motifs is 1. The van der Waals surface area contributed by atoms with Gasteiger partial charge in [-0.25, -0.2) is 18.1 Å². The summed E-state index contributed by atoms with van der Waals surface area (Å²) in [4.78, 5) is 17.3. The van der Waals surface area contributed by atoms with E-state index >= 15 is 0 Å². The van der Waals surface area contributed by atoms with Crippen LogP contribution in [0.15, 0.2) is 41.3 Å². The molecule has 1 heterocycles. The van der Waals surface area contributed by atoms with Gasteiger partial charge in [-0.1, -0.05) is 17.7 Å². The maximum absolute atomic E-state index is 12.8. The lowest BCUT2D eigenvalue weighted by atomic mass is 10.1. The molecule has 1 aromatic heterocycles. The van der Waals surface area contributed by atoms with Crippen LogP contribution in [0, 0.1) is 6.92 Å². The Morgan fingerprint density at radius 3 is 2.68 bits per heavy atom. The molecule has 146 valence electrons. The number of hydrogen-bond acceptors (Lipinski definition) is 4. The zero-order valence-corrected chi connectivity index (χ0v) is 16.9. The number of carbonyl (C=O) groups excluding carboxylic acids is 1. The Morgan fingerprint density at radius 1 is 1.21 bits per heavy atom. The lowest BCUT2D eigenvalue weighted by Gasteiger charge is -2.11. The molecule has 0 radical (unpaired) electrons. The van der Waals surface area contributed by atoms with E-state index in [0.29, 0.717) is 22.1 Å². The van der Waals surface area contributed by atoms with E-state index in [9.17, 15) is 13.2 Å². The highest BCUT2D eigenvalue weighted by molar-refractivity contribution is 7.89. The van der Waals surface area contributed by atoms with Crippen LogP contribution in [0.1, 0.15) is 28.8 Å². The largest absolute Gasteiger partial charge is 0.313 e. The molecule has 1 amide bonds. The van der Waals surface area contributed by atoms with Gasteiger partial charge in [0, 0.05) is 23.7 Å². The third-order valence-corrected chi connectivity index (χ3v) is 6.48. The summed E-state index contributed by atoms with van der Waals surface area (Å²) in [6.07, 6.45) is 1.68. The zero-order valence-electron chi connectivity index (χ0n) is 15.4. The van der Waals surface area contributed by atoms with E-state index in [4.69, 9.17) is 11.6 Å². The van der Waals surface area contributed by atoms with Crippen LogP contribution in [0.4, 0.5) is 5.95 Å². The van der Waals surface area contributed by atoms with E-state index in [1.54, 1.807) is 36.7 Å². The number of sulfonamides is 1. The number of amides is 1. The lowest BCUT2D eigenvalue weighted by molar-refractivity contribution is 0.102. The summed E-state index contributed by atoms with van der Waals surface area (Å²) in [6.45, 7) is 1.76. The maximum Gasteiger partial charge on any atom is 0.258 e. The average Bonchev–Trinajstić information content (AvgIpc) is 3.38. The van der Waals surface area contributed by atoms with E-state index in [0.717, 1.165) is 18.4 Å². The van der Waals surface area contributed by atoms with Gasteiger partial charge in [0.1, 0.15) is 0 Å². The highest BCUT2D eigenvalue weighted by atomic mass is 35.5. The van der Waals surface area contributed by atoms with Crippen LogP contribution in [0.2, 0.25) is 5.02 Å². The van der Waals surface area contributed by atoms with Gasteiger partial charge in [-0.2, -0.15) is 0 Å². The van der Waals surface area contributed by atoms with Crippen molar-refractivity contribution in [3.63, 3.8) is 0 Å². The van der Waals surface area contributed by atoms with Crippen molar-refractivity contribution in [2.75, 3.05) is 5.32 Å². The number of benzene rings is 2. The number of nitrogens with one attached hydrogen (secondary N) is 2. The van der Waals surface area contributed by atoms with Crippen LogP contribution in [0.3, 0.4) is 0 Å². The quantitative estimate of drug-likeness (QED) is 0.665. The molecule has 1 aliphatic rings. The molecule has 4 rings (SSSR count). The summed E-state index contributed by atoms with van der Waals surface area (Å²) >= 11 is 6.00. The lowest BCUT2D eigenvalue weighted by Crippen LogP contribution is -2.26. The molecule has 28 heavy (non-hydrogen) atoms. The molecule has 0 spiro atoms. The number of nitrogens with zero attached hydrogens (tertiary/aromatic N) is 2. The summed E-state index contributed by atoms with van der Waals surface area (Å²) in [5, 5.41) is 3.32. The van der Waals surface area contributed by atoms with Crippen LogP contribution in [-0.4, -0.2) is 29.9 Å². The van der Waals surface area contributed by atoms with Crippen molar-refractivity contribution in [2.45, 2.75) is 30.7 Å². The van der Waals surface area contributed by atoms with Gasteiger partial charge in [-0.15, -0.1) is 0 Å². The molecule has 7 nitrogen and oxygen atoms in total. The Kier molecular flexibility index (Phi) is 4.65. The second-order valence-corrected chi connectivity index (χ2v) is 9.10. The van der Waals surface area contributed by atoms with Gasteiger partial charge in [0.15, 0.2) is 0 Å². The van der Waals surface area contributed by atoms with Gasteiger partial charge in [-0.05, 0) is 55.7 Å². The molecule has 9 heteroatoms. The molecular weight excluding hydrogens is 400 g/mol. The molecule has 2 aromatic carbocycles. The monoisotopic (exact) mass is 418 g/mol. The summed E-state index contributed by atoms with van der Waals surface area (Å²) < 4.78 is 29.3. The van der Waals surface area contributed by atoms with E-state index < -0.39 is 15.9 Å². The molecule has 3 aromatic rings. The first-order chi connectivity index (χ1) is 13.2. The highest BCUT2D eigenvalue weighted by Crippen LogP contribution is 2.25. The minimum Gasteiger partial charge on any atom is -0.313 e. The second kappa shape index (κ2) is 6.88. The minimum atomic E-state index is -3.64. The number of rotatable bonds is 5. The van der Waals surface area contributed by atoms with Crippen molar-refractivity contribution in [3.8, 4) is 0 Å². The van der Waals surface area contributed by atoms with E-state index in [1.165, 1.54) is 12.1 Å². The van der Waals surface area contributed by atoms with Gasteiger partial charge in [-0.3, -0.25) is 10.1 Å². The van der Waals surface area contributed by atoms with Crippen molar-refractivity contribution < 1.29 is 13.2 Å². The number of aromatic nitrogens is 2. The van der Waals surface area contributed by atoms with Crippen LogP contribution < -0.4 is 10.0 Å². The predicted octanol–water partition coefficient (Wildman–Crippen LogP) is 3.23. The topological polar surface area (TPSA) is 93.1 Å². The predicted molar refractivity (Wildman–Crippen MR) is 108 cm³/mol. The molecule has 0 atom stereocenters. The maximum atomic E-state index is 12.8. The van der Waals surface area contributed by atoms with Crippen LogP contribution in [0.25, 0.3) is 11.0 Å². The number of halogens is 1. The van der Waals surface area contributed by atoms with E-state index in [-0.39, 0.29) is 16.5 Å². The van der Waals surface area contributed by atoms with Crippen molar-refractivity contribution in [3.05, 3.63) is 52.5 Å². The normalized spacial score (nSPS) is 14.4. The Labute approximate surface area is 167 Å². The summed E-state index contributed by atoms with van der Waals surface area (Å²) in [5.74, 6) is -0.0727. The fourth-order valence-corrected chi connectivity index (χ4v) is 4.45. The zero-order chi connectivity index (χ0) is 20.1. The van der Waals surface area contributed by atoms with Crippen molar-refractivity contribution in [1.82, 2.24) is 14.3 Å². The Bertz CT molecular complexity index is 1200. The SMILES string of the molecule is Cc1ccc(S(=O)(=O)NC2CC2)cc1C(=O)Nc1nc2cc(Cl)ccc2n1C. The Morgan fingerprint density at radius 2 is 1.96 bits per heavy atom. The van der Waals surface area contributed by atoms with E-state index in [2.05, 4.69) is 15.0 Å². The molecule has 1 aliphatic carbocycles. The molecule has 2 N–H and O–H groups in total. The van der Waals surface area contributed by atoms with Gasteiger partial charge in [0.05, 0.1) is 15.9 Å². The first kappa shape index (κ1) is 18.9. The molecule has 0 saturated heterocycles. The van der Waals surface area contributed by atoms with Crippen LogP contribution in [-0.2, 0) is 17.1 Å². The minimum absolute atomic E-state index is 0.00426. The average molecular weight is 419 g/mol. The molecule has 0 aliphatic heterocycles. The van der Waals surface area contributed by atoms with Crippen LogP contribution >= 0.6 is 11.6 Å². The Hall–Kier alpha value is -2.42. The second-order valence-electron chi connectivity index (χ2n) is 6.95. The number of imidazole rings is 1. The summed E-state index contributed by atoms with van der Waals surface area (Å²) in [6, 6.07) is 9.82. The number of anilines is 1. The van der Waals surface area contributed by atoms with E-state index in [1.807, 2.05) is 6.07 Å². The third kappa shape index (κ3) is 3.63. The third-order valence-electron chi connectivity index (χ3n) is 4.73. The van der Waals surface area contributed by atoms with Crippen molar-refractivity contribution >= 4 is 44.5 Å². The van der Waals surface area contributed by atoms with Crippen molar-refractivity contribution in [2.24, 2.45) is 7.05 Å². The highest BCUT2D eigenvalue weighted by Gasteiger charge is 2.28. The van der Waals surface area contributed by atoms with Gasteiger partial charge in [0.2, 0.25) is 16.0 Å². The van der Waals surface area contributed by atoms with Gasteiger partial charge < -0.3 is 4.57 Å². The number of aryl methyl sites for hydroxylation is 2. The van der Waals surface area contributed by atoms with Gasteiger partial charge in [0.25, 0.3) is 5.91 Å². The smallest absolute Gasteiger partial charge is 0.258 e. The first-order valence-electron chi connectivity index (χ1n) is 8.81. The number of hydrogen-bond donors (Lipinski definition) is 2. The Balaban J connectivity index is 1.65. The molecule has 0 unspecified atom stereocenters. The molecule has 1 fully saturated rings. The molecule has 0 bridgehead atoms. The van der Waals surface area contributed by atoms with Crippen LogP contribution in [0.5, 0.6) is 0 Å². The van der Waals surface area contributed by atoms with Gasteiger partial charge >= 0.3 is 0 Å². The summed E-state index contributed by atoms with van der Waals surface area (Å²) in [7, 11) is -1.86. The number of carbonyl (C=O) groups is 1. The standard InChI is InChI=1S/C19H19ClN4O3S/c1-11-3-7-14(28(26,27)23-13-5-6-13)10-15(11)18(25)22-19-21-16-9-12(20)4-8-17(16)24(19)2/h3-4,7-10,13,23H,5-6H2,1-2H3,(H,21,22,25). The summed E-state index contributed by atoms with van der Waals surface area (Å²) in [5.41, 5.74) is 2.43. The van der Waals surface area contributed by atoms with Crippen molar-refractivity contribution in [1.29, 1.82) is 0 Å². The first-order valence-corrected chi connectivity index (χ1v) is 10.7.